The van der Waals surface area contributed by atoms with E-state index in [1.165, 1.54) is 6.42 Å². The summed E-state index contributed by atoms with van der Waals surface area (Å²) in [4.78, 5) is 8.81. The predicted molar refractivity (Wildman–Crippen MR) is 57.4 cm³/mol. The zero-order valence-electron chi connectivity index (χ0n) is 9.19. The van der Waals surface area contributed by atoms with E-state index in [0.29, 0.717) is 17.8 Å². The third-order valence-corrected chi connectivity index (χ3v) is 3.72. The maximum atomic E-state index is 10.7. The fourth-order valence-corrected chi connectivity index (χ4v) is 2.91. The van der Waals surface area contributed by atoms with Crippen LogP contribution in [0.2, 0.25) is 0 Å². The molecular weight excluding hydrogens is 199 g/mol. The highest BCUT2D eigenvalue weighted by Gasteiger charge is 2.32. The molecule has 0 saturated heterocycles. The van der Waals surface area contributed by atoms with Gasteiger partial charge in [-0.15, -0.1) is 0 Å². The standard InChI is InChI=1S/C10H21O3P/c1-7(2)9-5-4-8(3)6-10(9)13-14(11)12/h7-10,14H,4-6H2,1-3H3,(H,11,12)/t8?,9-,10?/m0/s1. The van der Waals surface area contributed by atoms with E-state index < -0.39 is 8.25 Å². The maximum absolute atomic E-state index is 10.7. The Morgan fingerprint density at radius 2 is 2.07 bits per heavy atom. The first-order valence-electron chi connectivity index (χ1n) is 5.40. The Hall–Kier alpha value is 0.150. The van der Waals surface area contributed by atoms with Crippen molar-refractivity contribution in [3.8, 4) is 0 Å². The van der Waals surface area contributed by atoms with Crippen LogP contribution in [0, 0.1) is 17.8 Å². The summed E-state index contributed by atoms with van der Waals surface area (Å²) in [6.07, 6.45) is 3.27. The van der Waals surface area contributed by atoms with Crippen molar-refractivity contribution in [3.63, 3.8) is 0 Å². The lowest BCUT2D eigenvalue weighted by molar-refractivity contribution is 0.0438. The molecule has 1 aliphatic carbocycles. The van der Waals surface area contributed by atoms with Crippen LogP contribution in [0.3, 0.4) is 0 Å². The lowest BCUT2D eigenvalue weighted by Gasteiger charge is -2.36. The van der Waals surface area contributed by atoms with Gasteiger partial charge in [0.05, 0.1) is 6.10 Å². The van der Waals surface area contributed by atoms with E-state index in [0.717, 1.165) is 12.8 Å². The SMILES string of the molecule is CC1CC[C@@H](C(C)C)C(O[PH](=O)O)C1. The summed E-state index contributed by atoms with van der Waals surface area (Å²) in [5, 5.41) is 0. The van der Waals surface area contributed by atoms with Crippen molar-refractivity contribution in [1.29, 1.82) is 0 Å². The monoisotopic (exact) mass is 220 g/mol. The minimum absolute atomic E-state index is 0.00450. The number of hydrogen-bond acceptors (Lipinski definition) is 2. The topological polar surface area (TPSA) is 46.5 Å². The van der Waals surface area contributed by atoms with Crippen LogP contribution in [0.15, 0.2) is 0 Å². The third-order valence-electron chi connectivity index (χ3n) is 3.21. The smallest absolute Gasteiger partial charge is 0.316 e. The first kappa shape index (κ1) is 12.2. The molecule has 0 aliphatic heterocycles. The molecule has 1 aliphatic rings. The van der Waals surface area contributed by atoms with Crippen LogP contribution in [0.25, 0.3) is 0 Å². The van der Waals surface area contributed by atoms with Crippen LogP contribution in [0.5, 0.6) is 0 Å². The van der Waals surface area contributed by atoms with Gasteiger partial charge in [-0.25, -0.2) is 0 Å². The van der Waals surface area contributed by atoms with E-state index in [-0.39, 0.29) is 6.10 Å². The fourth-order valence-electron chi connectivity index (χ4n) is 2.38. The molecule has 3 unspecified atom stereocenters. The third kappa shape index (κ3) is 3.38. The Morgan fingerprint density at radius 1 is 1.43 bits per heavy atom. The van der Waals surface area contributed by atoms with Crippen molar-refractivity contribution >= 4 is 8.25 Å². The molecule has 0 bridgehead atoms. The summed E-state index contributed by atoms with van der Waals surface area (Å²) < 4.78 is 15.8. The summed E-state index contributed by atoms with van der Waals surface area (Å²) in [6, 6.07) is 0. The van der Waals surface area contributed by atoms with Crippen LogP contribution in [-0.4, -0.2) is 11.0 Å². The Balaban J connectivity index is 2.58. The highest BCUT2D eigenvalue weighted by molar-refractivity contribution is 7.32. The van der Waals surface area contributed by atoms with Crippen molar-refractivity contribution in [2.24, 2.45) is 17.8 Å². The zero-order valence-corrected chi connectivity index (χ0v) is 10.2. The highest BCUT2D eigenvalue weighted by Crippen LogP contribution is 2.38. The molecule has 4 atom stereocenters. The van der Waals surface area contributed by atoms with Gasteiger partial charge in [-0.3, -0.25) is 4.57 Å². The molecule has 1 rings (SSSR count). The van der Waals surface area contributed by atoms with Crippen LogP contribution >= 0.6 is 8.25 Å². The van der Waals surface area contributed by atoms with Gasteiger partial charge in [0.2, 0.25) is 0 Å². The molecule has 4 heteroatoms. The van der Waals surface area contributed by atoms with E-state index in [2.05, 4.69) is 20.8 Å². The van der Waals surface area contributed by atoms with Gasteiger partial charge in [-0.2, -0.15) is 0 Å². The van der Waals surface area contributed by atoms with E-state index in [4.69, 9.17) is 9.42 Å². The molecule has 0 heterocycles. The van der Waals surface area contributed by atoms with Crippen molar-refractivity contribution in [3.05, 3.63) is 0 Å². The quantitative estimate of drug-likeness (QED) is 0.744. The predicted octanol–water partition coefficient (Wildman–Crippen LogP) is 2.85. The van der Waals surface area contributed by atoms with E-state index >= 15 is 0 Å². The fraction of sp³-hybridized carbons (Fsp3) is 1.00. The molecule has 0 aromatic rings. The zero-order chi connectivity index (χ0) is 10.7. The molecule has 0 radical (unpaired) electrons. The Morgan fingerprint density at radius 3 is 2.57 bits per heavy atom. The van der Waals surface area contributed by atoms with E-state index in [9.17, 15) is 4.57 Å². The summed E-state index contributed by atoms with van der Waals surface area (Å²) in [6.45, 7) is 6.50. The summed E-state index contributed by atoms with van der Waals surface area (Å²) >= 11 is 0. The van der Waals surface area contributed by atoms with Crippen LogP contribution in [0.1, 0.15) is 40.0 Å². The molecule has 0 aromatic heterocycles. The first-order valence-corrected chi connectivity index (χ1v) is 6.66. The lowest BCUT2D eigenvalue weighted by atomic mass is 9.75. The lowest BCUT2D eigenvalue weighted by Crippen LogP contribution is -2.32. The molecule has 1 saturated carbocycles. The average Bonchev–Trinajstić information content (AvgIpc) is 2.01. The van der Waals surface area contributed by atoms with E-state index in [1.807, 2.05) is 0 Å². The molecular formula is C10H21O3P. The normalized spacial score (nSPS) is 35.9. The molecule has 3 nitrogen and oxygen atoms in total. The minimum atomic E-state index is -2.77. The van der Waals surface area contributed by atoms with Crippen molar-refractivity contribution < 1.29 is 14.0 Å². The second-order valence-corrected chi connectivity index (χ2v) is 5.52. The van der Waals surface area contributed by atoms with Crippen molar-refractivity contribution in [2.45, 2.75) is 46.1 Å². The van der Waals surface area contributed by atoms with Gasteiger partial charge in [0.15, 0.2) is 0 Å². The van der Waals surface area contributed by atoms with Crippen molar-refractivity contribution in [2.75, 3.05) is 0 Å². The van der Waals surface area contributed by atoms with Gasteiger partial charge in [0, 0.05) is 0 Å². The number of rotatable bonds is 3. The summed E-state index contributed by atoms with van der Waals surface area (Å²) in [5.74, 6) is 1.61. The molecule has 14 heavy (non-hydrogen) atoms. The Labute approximate surface area is 86.8 Å². The largest absolute Gasteiger partial charge is 0.326 e. The highest BCUT2D eigenvalue weighted by atomic mass is 31.1. The molecule has 0 spiro atoms. The number of hydrogen-bond donors (Lipinski definition) is 1. The average molecular weight is 220 g/mol. The Kier molecular flexibility index (Phi) is 4.62. The summed E-state index contributed by atoms with van der Waals surface area (Å²) in [5.41, 5.74) is 0. The van der Waals surface area contributed by atoms with Gasteiger partial charge in [-0.05, 0) is 30.6 Å². The second-order valence-electron chi connectivity index (χ2n) is 4.75. The molecule has 1 N–H and O–H groups in total. The molecule has 84 valence electrons. The van der Waals surface area contributed by atoms with Crippen LogP contribution in [0.4, 0.5) is 0 Å². The first-order chi connectivity index (χ1) is 6.50. The molecule has 1 fully saturated rings. The summed E-state index contributed by atoms with van der Waals surface area (Å²) in [7, 11) is -2.77. The van der Waals surface area contributed by atoms with Gasteiger partial charge < -0.3 is 9.42 Å². The minimum Gasteiger partial charge on any atom is -0.326 e. The molecule has 0 amide bonds. The van der Waals surface area contributed by atoms with Crippen molar-refractivity contribution in [1.82, 2.24) is 0 Å². The van der Waals surface area contributed by atoms with Crippen LogP contribution < -0.4 is 0 Å². The van der Waals surface area contributed by atoms with Gasteiger partial charge in [0.1, 0.15) is 0 Å². The van der Waals surface area contributed by atoms with Gasteiger partial charge >= 0.3 is 8.25 Å². The van der Waals surface area contributed by atoms with Crippen LogP contribution in [-0.2, 0) is 9.09 Å². The second kappa shape index (κ2) is 5.29. The maximum Gasteiger partial charge on any atom is 0.316 e. The molecule has 0 aromatic carbocycles. The van der Waals surface area contributed by atoms with Gasteiger partial charge in [-0.1, -0.05) is 27.2 Å². The van der Waals surface area contributed by atoms with Gasteiger partial charge in [0.25, 0.3) is 0 Å². The Bertz CT molecular complexity index is 206. The van der Waals surface area contributed by atoms with E-state index in [1.54, 1.807) is 0 Å².